The highest BCUT2D eigenvalue weighted by Crippen LogP contribution is 2.27. The molecule has 96 valence electrons. The molecule has 0 nitrogen and oxygen atoms in total. The van der Waals surface area contributed by atoms with Crippen LogP contribution in [0, 0.1) is 0 Å². The SMILES string of the molecule is CSc1cc(Cl)ccc1Cl.CSc1ccccc1. The number of benzene rings is 2. The van der Waals surface area contributed by atoms with Crippen molar-refractivity contribution in [2.75, 3.05) is 12.5 Å². The maximum atomic E-state index is 5.82. The summed E-state index contributed by atoms with van der Waals surface area (Å²) < 4.78 is 0. The van der Waals surface area contributed by atoms with Gasteiger partial charge in [-0.25, -0.2) is 0 Å². The minimum Gasteiger partial charge on any atom is -0.130 e. The van der Waals surface area contributed by atoms with Gasteiger partial charge >= 0.3 is 0 Å². The Balaban J connectivity index is 0.000000184. The Labute approximate surface area is 127 Å². The van der Waals surface area contributed by atoms with Crippen LogP contribution in [0.15, 0.2) is 58.3 Å². The van der Waals surface area contributed by atoms with Crippen LogP contribution in [0.1, 0.15) is 0 Å². The van der Waals surface area contributed by atoms with Crippen molar-refractivity contribution in [2.24, 2.45) is 0 Å². The van der Waals surface area contributed by atoms with E-state index in [0.717, 1.165) is 14.9 Å². The Hall–Kier alpha value is -0.280. The van der Waals surface area contributed by atoms with Crippen molar-refractivity contribution in [3.63, 3.8) is 0 Å². The molecule has 0 aliphatic heterocycles. The van der Waals surface area contributed by atoms with Crippen molar-refractivity contribution in [1.82, 2.24) is 0 Å². The molecule has 18 heavy (non-hydrogen) atoms. The summed E-state index contributed by atoms with van der Waals surface area (Å²) in [5.41, 5.74) is 0. The predicted molar refractivity (Wildman–Crippen MR) is 86.5 cm³/mol. The Kier molecular flexibility index (Phi) is 7.68. The van der Waals surface area contributed by atoms with E-state index in [1.807, 2.05) is 30.5 Å². The lowest BCUT2D eigenvalue weighted by Crippen LogP contribution is -1.71. The monoisotopic (exact) mass is 316 g/mol. The minimum atomic E-state index is 0.730. The van der Waals surface area contributed by atoms with Crippen LogP contribution in [0.2, 0.25) is 10.0 Å². The molecule has 0 N–H and O–H groups in total. The molecular formula is C14H14Cl2S2. The zero-order valence-electron chi connectivity index (χ0n) is 10.2. The van der Waals surface area contributed by atoms with Crippen molar-refractivity contribution in [1.29, 1.82) is 0 Å². The molecule has 0 amide bonds. The first-order chi connectivity index (χ1) is 8.67. The van der Waals surface area contributed by atoms with Crippen molar-refractivity contribution < 1.29 is 0 Å². The van der Waals surface area contributed by atoms with Gasteiger partial charge in [-0.3, -0.25) is 0 Å². The molecule has 0 aliphatic carbocycles. The van der Waals surface area contributed by atoms with Crippen LogP contribution in [-0.4, -0.2) is 12.5 Å². The average Bonchev–Trinajstić information content (AvgIpc) is 2.43. The van der Waals surface area contributed by atoms with Crippen molar-refractivity contribution in [3.8, 4) is 0 Å². The predicted octanol–water partition coefficient (Wildman–Crippen LogP) is 6.12. The maximum Gasteiger partial charge on any atom is 0.0542 e. The summed E-state index contributed by atoms with van der Waals surface area (Å²) in [5, 5.41) is 1.49. The number of thioether (sulfide) groups is 2. The highest BCUT2D eigenvalue weighted by molar-refractivity contribution is 7.98. The summed E-state index contributed by atoms with van der Waals surface area (Å²) in [6, 6.07) is 15.8. The molecule has 0 atom stereocenters. The Bertz CT molecular complexity index is 472. The van der Waals surface area contributed by atoms with Crippen LogP contribution in [0.25, 0.3) is 0 Å². The first kappa shape index (κ1) is 15.8. The molecule has 0 heterocycles. The van der Waals surface area contributed by atoms with Gasteiger partial charge in [0.25, 0.3) is 0 Å². The highest BCUT2D eigenvalue weighted by Gasteiger charge is 1.97. The molecule has 0 fully saturated rings. The molecule has 0 aliphatic rings. The molecule has 0 radical (unpaired) electrons. The van der Waals surface area contributed by atoms with E-state index < -0.39 is 0 Å². The summed E-state index contributed by atoms with van der Waals surface area (Å²) in [4.78, 5) is 2.35. The van der Waals surface area contributed by atoms with Crippen molar-refractivity contribution in [3.05, 3.63) is 58.6 Å². The van der Waals surface area contributed by atoms with Gasteiger partial charge in [-0.2, -0.15) is 0 Å². The quantitative estimate of drug-likeness (QED) is 0.612. The maximum absolute atomic E-state index is 5.82. The van der Waals surface area contributed by atoms with Crippen LogP contribution in [0.4, 0.5) is 0 Å². The largest absolute Gasteiger partial charge is 0.130 e. The van der Waals surface area contributed by atoms with Gasteiger partial charge in [-0.15, -0.1) is 23.5 Å². The van der Waals surface area contributed by atoms with Crippen molar-refractivity contribution >= 4 is 46.7 Å². The zero-order valence-corrected chi connectivity index (χ0v) is 13.3. The van der Waals surface area contributed by atoms with E-state index in [1.54, 1.807) is 35.7 Å². The van der Waals surface area contributed by atoms with Gasteiger partial charge in [0.2, 0.25) is 0 Å². The second-order valence-electron chi connectivity index (χ2n) is 3.30. The number of halogens is 2. The number of hydrogen-bond donors (Lipinski definition) is 0. The van der Waals surface area contributed by atoms with Crippen LogP contribution < -0.4 is 0 Å². The van der Waals surface area contributed by atoms with Crippen LogP contribution in [0.5, 0.6) is 0 Å². The lowest BCUT2D eigenvalue weighted by atomic mass is 10.4. The van der Waals surface area contributed by atoms with Gasteiger partial charge in [0.1, 0.15) is 0 Å². The topological polar surface area (TPSA) is 0 Å². The smallest absolute Gasteiger partial charge is 0.0542 e. The van der Waals surface area contributed by atoms with Crippen LogP contribution in [0.3, 0.4) is 0 Å². The lowest BCUT2D eigenvalue weighted by molar-refractivity contribution is 1.47. The van der Waals surface area contributed by atoms with Gasteiger partial charge in [-0.05, 0) is 42.8 Å². The summed E-state index contributed by atoms with van der Waals surface area (Å²) in [6.07, 6.45) is 4.05. The molecule has 0 saturated carbocycles. The second kappa shape index (κ2) is 8.76. The van der Waals surface area contributed by atoms with Crippen molar-refractivity contribution in [2.45, 2.75) is 9.79 Å². The molecule has 0 bridgehead atoms. The fraction of sp³-hybridized carbons (Fsp3) is 0.143. The third-order valence-electron chi connectivity index (χ3n) is 2.09. The normalized spacial score (nSPS) is 9.56. The minimum absolute atomic E-state index is 0.730. The van der Waals surface area contributed by atoms with E-state index in [0.29, 0.717) is 0 Å². The summed E-state index contributed by atoms with van der Waals surface area (Å²) in [5.74, 6) is 0. The van der Waals surface area contributed by atoms with E-state index in [-0.39, 0.29) is 0 Å². The van der Waals surface area contributed by atoms with E-state index >= 15 is 0 Å². The molecule has 2 aromatic carbocycles. The van der Waals surface area contributed by atoms with Gasteiger partial charge < -0.3 is 0 Å². The zero-order chi connectivity index (χ0) is 13.4. The van der Waals surface area contributed by atoms with Gasteiger partial charge in [0.05, 0.1) is 5.02 Å². The molecule has 2 aromatic rings. The molecule has 0 aromatic heterocycles. The number of hydrogen-bond acceptors (Lipinski definition) is 2. The van der Waals surface area contributed by atoms with E-state index in [2.05, 4.69) is 18.4 Å². The third-order valence-corrected chi connectivity index (χ3v) is 4.29. The molecule has 4 heteroatoms. The lowest BCUT2D eigenvalue weighted by Gasteiger charge is -1.98. The summed E-state index contributed by atoms with van der Waals surface area (Å²) in [6.45, 7) is 0. The fourth-order valence-electron chi connectivity index (χ4n) is 1.19. The molecule has 0 unspecified atom stereocenters. The summed E-state index contributed by atoms with van der Waals surface area (Å²) in [7, 11) is 0. The van der Waals surface area contributed by atoms with Crippen LogP contribution >= 0.6 is 46.7 Å². The average molecular weight is 317 g/mol. The van der Waals surface area contributed by atoms with Gasteiger partial charge in [-0.1, -0.05) is 41.4 Å². The highest BCUT2D eigenvalue weighted by atomic mass is 35.5. The third kappa shape index (κ3) is 5.57. The Morgan fingerprint density at radius 3 is 1.94 bits per heavy atom. The van der Waals surface area contributed by atoms with Crippen LogP contribution in [-0.2, 0) is 0 Å². The van der Waals surface area contributed by atoms with E-state index in [4.69, 9.17) is 23.2 Å². The molecule has 0 spiro atoms. The second-order valence-corrected chi connectivity index (χ2v) is 5.87. The molecular weight excluding hydrogens is 303 g/mol. The first-order valence-corrected chi connectivity index (χ1v) is 8.46. The Morgan fingerprint density at radius 2 is 1.50 bits per heavy atom. The standard InChI is InChI=1S/C7H6Cl2S.C7H8S/c1-10-7-4-5(8)2-3-6(7)9;1-8-7-5-3-2-4-6-7/h2-4H,1H3;2-6H,1H3. The molecule has 2 rings (SSSR count). The van der Waals surface area contributed by atoms with Gasteiger partial charge in [0.15, 0.2) is 0 Å². The van der Waals surface area contributed by atoms with E-state index in [9.17, 15) is 0 Å². The van der Waals surface area contributed by atoms with Gasteiger partial charge in [0, 0.05) is 14.8 Å². The van der Waals surface area contributed by atoms with E-state index in [1.165, 1.54) is 4.90 Å². The first-order valence-electron chi connectivity index (χ1n) is 5.25. The fourth-order valence-corrected chi connectivity index (χ4v) is 2.71. The molecule has 0 saturated heterocycles. The number of rotatable bonds is 2. The Morgan fingerprint density at radius 1 is 0.833 bits per heavy atom. The summed E-state index contributed by atoms with van der Waals surface area (Å²) >= 11 is 14.9.